The van der Waals surface area contributed by atoms with Gasteiger partial charge in [-0.15, -0.1) is 0 Å². The first kappa shape index (κ1) is 15.5. The van der Waals surface area contributed by atoms with E-state index in [2.05, 4.69) is 52.8 Å². The Bertz CT molecular complexity index is 435. The van der Waals surface area contributed by atoms with E-state index in [9.17, 15) is 4.79 Å². The number of hydrogen-bond donors (Lipinski definition) is 0. The Morgan fingerprint density at radius 3 is 2.80 bits per heavy atom. The number of rotatable bonds is 3. The van der Waals surface area contributed by atoms with Crippen molar-refractivity contribution in [3.8, 4) is 0 Å². The molecule has 0 saturated heterocycles. The molecule has 0 bridgehead atoms. The summed E-state index contributed by atoms with van der Waals surface area (Å²) in [5, 5.41) is 0. The minimum Gasteiger partial charge on any atom is -0.299 e. The highest BCUT2D eigenvalue weighted by Gasteiger charge is 2.47. The lowest BCUT2D eigenvalue weighted by Gasteiger charge is -2.40. The summed E-state index contributed by atoms with van der Waals surface area (Å²) in [6, 6.07) is 0. The summed E-state index contributed by atoms with van der Waals surface area (Å²) in [6.45, 7) is 11.4. The smallest absolute Gasteiger partial charge is 0.137 e. The van der Waals surface area contributed by atoms with Crippen LogP contribution in [0.15, 0.2) is 23.8 Å². The zero-order valence-corrected chi connectivity index (χ0v) is 13.8. The second kappa shape index (κ2) is 5.50. The average Bonchev–Trinajstić information content (AvgIpc) is 2.66. The van der Waals surface area contributed by atoms with E-state index in [4.69, 9.17) is 0 Å². The van der Waals surface area contributed by atoms with Crippen molar-refractivity contribution in [3.05, 3.63) is 23.8 Å². The van der Waals surface area contributed by atoms with Crippen molar-refractivity contribution in [2.45, 2.75) is 66.7 Å². The first-order valence-electron chi connectivity index (χ1n) is 8.15. The standard InChI is InChI=1S/C19H30O/c1-14(8-6-12-18(2,3)4)15-10-11-16-17(20)9-7-13-19(15,16)5/h6,10,12,14,16H,7-9,11,13H2,1-5H3/b12-6+/t14-,16?,19+/m0/s1. The Morgan fingerprint density at radius 2 is 2.15 bits per heavy atom. The van der Waals surface area contributed by atoms with E-state index in [0.717, 1.165) is 25.7 Å². The van der Waals surface area contributed by atoms with E-state index in [1.807, 2.05) is 0 Å². The van der Waals surface area contributed by atoms with Gasteiger partial charge in [0.15, 0.2) is 0 Å². The topological polar surface area (TPSA) is 17.1 Å². The molecule has 1 fully saturated rings. The number of carbonyl (C=O) groups is 1. The van der Waals surface area contributed by atoms with Crippen molar-refractivity contribution in [2.24, 2.45) is 22.7 Å². The van der Waals surface area contributed by atoms with Crippen molar-refractivity contribution in [1.82, 2.24) is 0 Å². The zero-order valence-electron chi connectivity index (χ0n) is 13.8. The first-order chi connectivity index (χ1) is 9.24. The predicted octanol–water partition coefficient (Wildman–Crippen LogP) is 5.32. The summed E-state index contributed by atoms with van der Waals surface area (Å²) >= 11 is 0. The monoisotopic (exact) mass is 274 g/mol. The lowest BCUT2D eigenvalue weighted by molar-refractivity contribution is -0.128. The SMILES string of the molecule is C[C@@H](C/C=C/C(C)(C)C)C1=CCC2C(=O)CCC[C@]12C. The molecule has 1 nitrogen and oxygen atoms in total. The van der Waals surface area contributed by atoms with Gasteiger partial charge in [0, 0.05) is 12.3 Å². The van der Waals surface area contributed by atoms with Gasteiger partial charge in [0.05, 0.1) is 0 Å². The molecule has 0 N–H and O–H groups in total. The fourth-order valence-corrected chi connectivity index (χ4v) is 4.07. The molecule has 0 aliphatic heterocycles. The molecule has 2 aliphatic rings. The van der Waals surface area contributed by atoms with Gasteiger partial charge in [0.2, 0.25) is 0 Å². The maximum absolute atomic E-state index is 12.1. The molecular formula is C19H30O. The molecule has 2 aliphatic carbocycles. The molecule has 0 aromatic rings. The van der Waals surface area contributed by atoms with Crippen LogP contribution in [0.4, 0.5) is 0 Å². The summed E-state index contributed by atoms with van der Waals surface area (Å²) < 4.78 is 0. The molecule has 112 valence electrons. The van der Waals surface area contributed by atoms with Gasteiger partial charge in [-0.1, -0.05) is 58.4 Å². The number of ketones is 1. The van der Waals surface area contributed by atoms with Crippen LogP contribution in [0, 0.1) is 22.7 Å². The van der Waals surface area contributed by atoms with E-state index in [1.54, 1.807) is 5.57 Å². The van der Waals surface area contributed by atoms with Gasteiger partial charge in [-0.25, -0.2) is 0 Å². The summed E-state index contributed by atoms with van der Waals surface area (Å²) in [4.78, 5) is 12.1. The zero-order chi connectivity index (χ0) is 15.0. The third kappa shape index (κ3) is 3.07. The highest BCUT2D eigenvalue weighted by Crippen LogP contribution is 2.53. The van der Waals surface area contributed by atoms with Crippen LogP contribution in [-0.2, 0) is 4.79 Å². The molecule has 1 heteroatoms. The van der Waals surface area contributed by atoms with Gasteiger partial charge >= 0.3 is 0 Å². The normalized spacial score (nSPS) is 32.4. The Balaban J connectivity index is 2.06. The van der Waals surface area contributed by atoms with Crippen LogP contribution >= 0.6 is 0 Å². The quantitative estimate of drug-likeness (QED) is 0.636. The van der Waals surface area contributed by atoms with E-state index in [1.165, 1.54) is 6.42 Å². The Kier molecular flexibility index (Phi) is 4.27. The van der Waals surface area contributed by atoms with Crippen LogP contribution in [-0.4, -0.2) is 5.78 Å². The molecule has 0 heterocycles. The van der Waals surface area contributed by atoms with Crippen molar-refractivity contribution >= 4 is 5.78 Å². The number of fused-ring (bicyclic) bond motifs is 1. The van der Waals surface area contributed by atoms with Crippen molar-refractivity contribution in [1.29, 1.82) is 0 Å². The maximum atomic E-state index is 12.1. The van der Waals surface area contributed by atoms with Crippen molar-refractivity contribution in [3.63, 3.8) is 0 Å². The number of allylic oxidation sites excluding steroid dienone is 4. The lowest BCUT2D eigenvalue weighted by Crippen LogP contribution is -2.36. The van der Waals surface area contributed by atoms with E-state index in [-0.39, 0.29) is 16.7 Å². The molecule has 3 atom stereocenters. The molecule has 0 spiro atoms. The Morgan fingerprint density at radius 1 is 1.45 bits per heavy atom. The molecule has 2 rings (SSSR count). The Labute approximate surface area is 124 Å². The largest absolute Gasteiger partial charge is 0.299 e. The number of carbonyl (C=O) groups excluding carboxylic acids is 1. The summed E-state index contributed by atoms with van der Waals surface area (Å²) in [6.07, 6.45) is 12.2. The van der Waals surface area contributed by atoms with Crippen LogP contribution in [0.3, 0.4) is 0 Å². The third-order valence-electron chi connectivity index (χ3n) is 5.15. The van der Waals surface area contributed by atoms with Crippen LogP contribution in [0.2, 0.25) is 0 Å². The fraction of sp³-hybridized carbons (Fsp3) is 0.737. The van der Waals surface area contributed by atoms with Crippen LogP contribution in [0.5, 0.6) is 0 Å². The van der Waals surface area contributed by atoms with Crippen LogP contribution in [0.1, 0.15) is 66.7 Å². The fourth-order valence-electron chi connectivity index (χ4n) is 4.07. The molecular weight excluding hydrogens is 244 g/mol. The van der Waals surface area contributed by atoms with E-state index >= 15 is 0 Å². The van der Waals surface area contributed by atoms with Gasteiger partial charge in [0.25, 0.3) is 0 Å². The maximum Gasteiger partial charge on any atom is 0.137 e. The van der Waals surface area contributed by atoms with E-state index < -0.39 is 0 Å². The van der Waals surface area contributed by atoms with Gasteiger partial charge in [-0.2, -0.15) is 0 Å². The van der Waals surface area contributed by atoms with Crippen molar-refractivity contribution < 1.29 is 4.79 Å². The predicted molar refractivity (Wildman–Crippen MR) is 85.5 cm³/mol. The lowest BCUT2D eigenvalue weighted by atomic mass is 9.63. The van der Waals surface area contributed by atoms with Crippen LogP contribution < -0.4 is 0 Å². The third-order valence-corrected chi connectivity index (χ3v) is 5.15. The highest BCUT2D eigenvalue weighted by molar-refractivity contribution is 5.84. The molecule has 0 aromatic heterocycles. The van der Waals surface area contributed by atoms with E-state index in [0.29, 0.717) is 11.7 Å². The summed E-state index contributed by atoms with van der Waals surface area (Å²) in [5.41, 5.74) is 1.97. The van der Waals surface area contributed by atoms with Gasteiger partial charge in [-0.05, 0) is 42.4 Å². The average molecular weight is 274 g/mol. The number of hydrogen-bond acceptors (Lipinski definition) is 1. The number of Topliss-reactive ketones (excluding diaryl/α,β-unsaturated/α-hetero) is 1. The Hall–Kier alpha value is -0.850. The molecule has 0 aromatic carbocycles. The molecule has 0 amide bonds. The summed E-state index contributed by atoms with van der Waals surface area (Å²) in [5.74, 6) is 1.34. The van der Waals surface area contributed by atoms with Crippen molar-refractivity contribution in [2.75, 3.05) is 0 Å². The molecule has 1 saturated carbocycles. The minimum atomic E-state index is 0.157. The summed E-state index contributed by atoms with van der Waals surface area (Å²) in [7, 11) is 0. The second-order valence-electron chi connectivity index (χ2n) is 8.09. The molecule has 20 heavy (non-hydrogen) atoms. The highest BCUT2D eigenvalue weighted by atomic mass is 16.1. The first-order valence-corrected chi connectivity index (χ1v) is 8.15. The van der Waals surface area contributed by atoms with Crippen LogP contribution in [0.25, 0.3) is 0 Å². The van der Waals surface area contributed by atoms with Gasteiger partial charge in [-0.3, -0.25) is 4.79 Å². The minimum absolute atomic E-state index is 0.157. The van der Waals surface area contributed by atoms with Gasteiger partial charge < -0.3 is 0 Å². The van der Waals surface area contributed by atoms with Gasteiger partial charge in [0.1, 0.15) is 5.78 Å². The molecule has 0 radical (unpaired) electrons. The second-order valence-corrected chi connectivity index (χ2v) is 8.09. The molecule has 1 unspecified atom stereocenters.